The number of nitrogens with zero attached hydrogens (tertiary/aromatic N) is 1. The highest BCUT2D eigenvalue weighted by Crippen LogP contribution is 2.27. The van der Waals surface area contributed by atoms with E-state index in [1.165, 1.54) is 0 Å². The molecule has 2 unspecified atom stereocenters. The monoisotopic (exact) mass is 268 g/mol. The van der Waals surface area contributed by atoms with Crippen LogP contribution in [-0.4, -0.2) is 48.1 Å². The molecule has 2 heterocycles. The minimum absolute atomic E-state index is 0.118. The molecule has 0 aromatic rings. The molecule has 2 rings (SSSR count). The summed E-state index contributed by atoms with van der Waals surface area (Å²) in [5.41, 5.74) is -0.424. The van der Waals surface area contributed by atoms with Crippen LogP contribution in [0.3, 0.4) is 0 Å². The summed E-state index contributed by atoms with van der Waals surface area (Å²) in [6, 6.07) is 0.267. The molecule has 0 aliphatic carbocycles. The zero-order valence-electron chi connectivity index (χ0n) is 12.1. The first-order chi connectivity index (χ1) is 8.87. The molecule has 2 atom stereocenters. The van der Waals surface area contributed by atoms with Crippen molar-refractivity contribution in [2.24, 2.45) is 5.92 Å². The Morgan fingerprint density at radius 2 is 2.21 bits per heavy atom. The summed E-state index contributed by atoms with van der Waals surface area (Å²) in [6.07, 6.45) is 2.40. The SMILES string of the molecule is CC(C)(C)OC(=O)CCN1CCCC2C(=O)NCC21. The Kier molecular flexibility index (Phi) is 4.13. The Morgan fingerprint density at radius 1 is 1.47 bits per heavy atom. The van der Waals surface area contributed by atoms with Crippen LogP contribution >= 0.6 is 0 Å². The van der Waals surface area contributed by atoms with Crippen LogP contribution in [0.4, 0.5) is 0 Å². The second kappa shape index (κ2) is 5.49. The molecular formula is C14H24N2O3. The van der Waals surface area contributed by atoms with Crippen molar-refractivity contribution < 1.29 is 14.3 Å². The van der Waals surface area contributed by atoms with E-state index < -0.39 is 5.60 Å². The number of ether oxygens (including phenoxy) is 1. The van der Waals surface area contributed by atoms with E-state index in [9.17, 15) is 9.59 Å². The van der Waals surface area contributed by atoms with E-state index in [0.29, 0.717) is 13.0 Å². The molecule has 1 N–H and O–H groups in total. The molecule has 108 valence electrons. The number of nitrogens with one attached hydrogen (secondary N) is 1. The van der Waals surface area contributed by atoms with Gasteiger partial charge >= 0.3 is 5.97 Å². The van der Waals surface area contributed by atoms with Crippen molar-refractivity contribution >= 4 is 11.9 Å². The molecule has 2 saturated heterocycles. The van der Waals surface area contributed by atoms with Crippen molar-refractivity contribution in [1.29, 1.82) is 0 Å². The van der Waals surface area contributed by atoms with Crippen molar-refractivity contribution in [3.05, 3.63) is 0 Å². The van der Waals surface area contributed by atoms with Gasteiger partial charge in [-0.15, -0.1) is 0 Å². The van der Waals surface area contributed by atoms with E-state index in [-0.39, 0.29) is 23.8 Å². The van der Waals surface area contributed by atoms with Crippen LogP contribution in [0.25, 0.3) is 0 Å². The molecule has 0 aromatic heterocycles. The maximum absolute atomic E-state index is 11.7. The molecule has 2 aliphatic heterocycles. The number of piperidine rings is 1. The number of amides is 1. The second-order valence-corrected chi connectivity index (χ2v) is 6.43. The Balaban J connectivity index is 1.82. The normalized spacial score (nSPS) is 27.8. The van der Waals surface area contributed by atoms with Crippen molar-refractivity contribution in [2.45, 2.75) is 51.7 Å². The van der Waals surface area contributed by atoms with E-state index in [1.54, 1.807) is 0 Å². The molecule has 0 radical (unpaired) electrons. The quantitative estimate of drug-likeness (QED) is 0.774. The van der Waals surface area contributed by atoms with Gasteiger partial charge in [-0.3, -0.25) is 14.5 Å². The average molecular weight is 268 g/mol. The van der Waals surface area contributed by atoms with Crippen LogP contribution in [-0.2, 0) is 14.3 Å². The maximum Gasteiger partial charge on any atom is 0.307 e. The van der Waals surface area contributed by atoms with Crippen molar-refractivity contribution in [3.63, 3.8) is 0 Å². The van der Waals surface area contributed by atoms with Gasteiger partial charge in [0.25, 0.3) is 0 Å². The smallest absolute Gasteiger partial charge is 0.307 e. The summed E-state index contributed by atoms with van der Waals surface area (Å²) in [7, 11) is 0. The Morgan fingerprint density at radius 3 is 2.89 bits per heavy atom. The van der Waals surface area contributed by atoms with E-state index >= 15 is 0 Å². The van der Waals surface area contributed by atoms with E-state index in [0.717, 1.165) is 25.9 Å². The summed E-state index contributed by atoms with van der Waals surface area (Å²) in [4.78, 5) is 25.6. The number of likely N-dealkylation sites (tertiary alicyclic amines) is 1. The number of rotatable bonds is 3. The fourth-order valence-corrected chi connectivity index (χ4v) is 2.95. The predicted octanol–water partition coefficient (Wildman–Crippen LogP) is 0.929. The zero-order valence-corrected chi connectivity index (χ0v) is 12.1. The van der Waals surface area contributed by atoms with Crippen molar-refractivity contribution in [1.82, 2.24) is 10.2 Å². The van der Waals surface area contributed by atoms with Gasteiger partial charge in [0, 0.05) is 19.1 Å². The lowest BCUT2D eigenvalue weighted by atomic mass is 9.91. The van der Waals surface area contributed by atoms with Crippen LogP contribution in [0.1, 0.15) is 40.0 Å². The number of fused-ring (bicyclic) bond motifs is 1. The molecule has 2 fully saturated rings. The molecule has 19 heavy (non-hydrogen) atoms. The lowest BCUT2D eigenvalue weighted by molar-refractivity contribution is -0.155. The average Bonchev–Trinajstić information content (AvgIpc) is 2.67. The first kappa shape index (κ1) is 14.3. The lowest BCUT2D eigenvalue weighted by Gasteiger charge is -2.35. The molecule has 2 aliphatic rings. The van der Waals surface area contributed by atoms with Gasteiger partial charge in [-0.2, -0.15) is 0 Å². The van der Waals surface area contributed by atoms with Crippen LogP contribution in [0, 0.1) is 5.92 Å². The number of hydrogen-bond acceptors (Lipinski definition) is 4. The summed E-state index contributed by atoms with van der Waals surface area (Å²) >= 11 is 0. The number of hydrogen-bond donors (Lipinski definition) is 1. The van der Waals surface area contributed by atoms with E-state index in [2.05, 4.69) is 10.2 Å². The standard InChI is InChI=1S/C14H24N2O3/c1-14(2,3)19-12(17)6-8-16-7-4-5-10-11(16)9-15-13(10)18/h10-11H,4-9H2,1-3H3,(H,15,18). The highest BCUT2D eigenvalue weighted by Gasteiger charge is 2.40. The van der Waals surface area contributed by atoms with Gasteiger partial charge in [0.1, 0.15) is 5.60 Å². The molecule has 0 spiro atoms. The lowest BCUT2D eigenvalue weighted by Crippen LogP contribution is -2.46. The third-order valence-corrected chi connectivity index (χ3v) is 3.74. The Hall–Kier alpha value is -1.10. The maximum atomic E-state index is 11.7. The van der Waals surface area contributed by atoms with Crippen LogP contribution in [0.15, 0.2) is 0 Å². The minimum atomic E-state index is -0.424. The molecule has 1 amide bonds. The molecule has 0 saturated carbocycles. The van der Waals surface area contributed by atoms with Gasteiger partial charge in [-0.1, -0.05) is 0 Å². The first-order valence-electron chi connectivity index (χ1n) is 7.10. The van der Waals surface area contributed by atoms with Gasteiger partial charge in [0.05, 0.1) is 12.3 Å². The molecule has 0 aromatic carbocycles. The summed E-state index contributed by atoms with van der Waals surface area (Å²) in [6.45, 7) is 8.01. The largest absolute Gasteiger partial charge is 0.460 e. The Bertz CT molecular complexity index is 362. The number of esters is 1. The first-order valence-corrected chi connectivity index (χ1v) is 7.10. The zero-order chi connectivity index (χ0) is 14.0. The van der Waals surface area contributed by atoms with Gasteiger partial charge < -0.3 is 10.1 Å². The summed E-state index contributed by atoms with van der Waals surface area (Å²) < 4.78 is 5.31. The van der Waals surface area contributed by atoms with Gasteiger partial charge in [0.15, 0.2) is 0 Å². The van der Waals surface area contributed by atoms with Crippen LogP contribution in [0.2, 0.25) is 0 Å². The van der Waals surface area contributed by atoms with Crippen LogP contribution < -0.4 is 5.32 Å². The fraction of sp³-hybridized carbons (Fsp3) is 0.857. The highest BCUT2D eigenvalue weighted by molar-refractivity contribution is 5.82. The molecular weight excluding hydrogens is 244 g/mol. The van der Waals surface area contributed by atoms with Gasteiger partial charge in [0.2, 0.25) is 5.91 Å². The second-order valence-electron chi connectivity index (χ2n) is 6.43. The molecule has 0 bridgehead atoms. The number of carbonyl (C=O) groups excluding carboxylic acids is 2. The van der Waals surface area contributed by atoms with Gasteiger partial charge in [-0.25, -0.2) is 0 Å². The molecule has 5 heteroatoms. The third kappa shape index (κ3) is 3.69. The number of carbonyl (C=O) groups is 2. The van der Waals surface area contributed by atoms with Crippen molar-refractivity contribution in [2.75, 3.05) is 19.6 Å². The fourth-order valence-electron chi connectivity index (χ4n) is 2.95. The van der Waals surface area contributed by atoms with E-state index in [4.69, 9.17) is 4.74 Å². The third-order valence-electron chi connectivity index (χ3n) is 3.74. The van der Waals surface area contributed by atoms with Gasteiger partial charge in [-0.05, 0) is 40.2 Å². The Labute approximate surface area is 114 Å². The topological polar surface area (TPSA) is 58.6 Å². The van der Waals surface area contributed by atoms with E-state index in [1.807, 2.05) is 20.8 Å². The molecule has 5 nitrogen and oxygen atoms in total. The van der Waals surface area contributed by atoms with Crippen LogP contribution in [0.5, 0.6) is 0 Å². The van der Waals surface area contributed by atoms with Crippen molar-refractivity contribution in [3.8, 4) is 0 Å². The highest BCUT2D eigenvalue weighted by atomic mass is 16.6. The summed E-state index contributed by atoms with van der Waals surface area (Å²) in [5, 5.41) is 2.92. The predicted molar refractivity (Wildman–Crippen MR) is 71.6 cm³/mol. The summed E-state index contributed by atoms with van der Waals surface area (Å²) in [5.74, 6) is 0.131. The minimum Gasteiger partial charge on any atom is -0.460 e.